The molecule has 4 heterocycles. The van der Waals surface area contributed by atoms with Crippen molar-refractivity contribution in [2.45, 2.75) is 13.5 Å². The summed E-state index contributed by atoms with van der Waals surface area (Å²) in [4.78, 5) is 17.0. The molecule has 5 rings (SSSR count). The molecule has 7 heteroatoms. The van der Waals surface area contributed by atoms with Crippen molar-refractivity contribution in [3.63, 3.8) is 0 Å². The van der Waals surface area contributed by atoms with Gasteiger partial charge in [-0.3, -0.25) is 14.9 Å². The number of rotatable bonds is 5. The summed E-state index contributed by atoms with van der Waals surface area (Å²) < 4.78 is 0. The van der Waals surface area contributed by atoms with Gasteiger partial charge in [0.2, 0.25) is 0 Å². The number of hydrogen-bond donors (Lipinski definition) is 2. The lowest BCUT2D eigenvalue weighted by Gasteiger charge is -2.32. The molecule has 33 heavy (non-hydrogen) atoms. The molecule has 4 aromatic rings. The third-order valence-electron chi connectivity index (χ3n) is 6.43. The highest BCUT2D eigenvalue weighted by Gasteiger charge is 2.17. The summed E-state index contributed by atoms with van der Waals surface area (Å²) in [7, 11) is 2.17. The number of pyridine rings is 2. The number of likely N-dealkylation sites (N-methyl/N-ethyl adjacent to an activating group) is 1. The van der Waals surface area contributed by atoms with E-state index in [0.717, 1.165) is 71.8 Å². The van der Waals surface area contributed by atoms with E-state index in [0.29, 0.717) is 5.56 Å². The number of hydrogen-bond acceptors (Lipinski definition) is 6. The summed E-state index contributed by atoms with van der Waals surface area (Å²) in [6.45, 7) is 7.28. The Hall–Kier alpha value is -3.73. The lowest BCUT2D eigenvalue weighted by atomic mass is 10.0. The molecule has 1 aromatic carbocycles. The molecular formula is C26H27N7. The number of nitrogens with zero attached hydrogens (tertiary/aromatic N) is 5. The summed E-state index contributed by atoms with van der Waals surface area (Å²) in [5.41, 5.74) is 7.24. The van der Waals surface area contributed by atoms with Crippen molar-refractivity contribution in [2.75, 3.05) is 38.5 Å². The van der Waals surface area contributed by atoms with Crippen molar-refractivity contribution in [1.82, 2.24) is 24.8 Å². The second kappa shape index (κ2) is 9.02. The monoisotopic (exact) mass is 437 g/mol. The van der Waals surface area contributed by atoms with Crippen molar-refractivity contribution in [3.05, 3.63) is 71.8 Å². The molecule has 0 atom stereocenters. The second-order valence-electron chi connectivity index (χ2n) is 8.65. The highest BCUT2D eigenvalue weighted by atomic mass is 15.2. The van der Waals surface area contributed by atoms with Crippen LogP contribution in [0.3, 0.4) is 0 Å². The normalized spacial score (nSPS) is 14.9. The minimum atomic E-state index is 0.493. The number of aromatic amines is 1. The number of H-pyrrole nitrogens is 1. The van der Waals surface area contributed by atoms with Crippen molar-refractivity contribution >= 4 is 22.3 Å². The maximum absolute atomic E-state index is 9.80. The van der Waals surface area contributed by atoms with Crippen LogP contribution in [0.5, 0.6) is 0 Å². The van der Waals surface area contributed by atoms with Crippen LogP contribution < -0.4 is 5.32 Å². The molecule has 1 fully saturated rings. The summed E-state index contributed by atoms with van der Waals surface area (Å²) in [5, 5.41) is 14.5. The van der Waals surface area contributed by atoms with E-state index in [2.05, 4.69) is 68.3 Å². The number of nitrogens with one attached hydrogen (secondary N) is 2. The second-order valence-corrected chi connectivity index (χ2v) is 8.65. The van der Waals surface area contributed by atoms with Crippen LogP contribution in [0.25, 0.3) is 22.2 Å². The van der Waals surface area contributed by atoms with Gasteiger partial charge in [-0.2, -0.15) is 5.26 Å². The van der Waals surface area contributed by atoms with E-state index in [-0.39, 0.29) is 0 Å². The Morgan fingerprint density at radius 1 is 1.12 bits per heavy atom. The van der Waals surface area contributed by atoms with E-state index in [1.165, 1.54) is 5.56 Å². The predicted octanol–water partition coefficient (Wildman–Crippen LogP) is 4.30. The zero-order valence-electron chi connectivity index (χ0n) is 19.0. The van der Waals surface area contributed by atoms with E-state index >= 15 is 0 Å². The number of fused-ring (bicyclic) bond motifs is 1. The smallest absolute Gasteiger partial charge is 0.103 e. The van der Waals surface area contributed by atoms with Gasteiger partial charge in [0.15, 0.2) is 0 Å². The molecule has 0 amide bonds. The molecule has 0 bridgehead atoms. The van der Waals surface area contributed by atoms with E-state index < -0.39 is 0 Å². The van der Waals surface area contributed by atoms with E-state index in [4.69, 9.17) is 0 Å². The van der Waals surface area contributed by atoms with E-state index in [1.54, 1.807) is 12.4 Å². The number of nitriles is 1. The number of aromatic nitrogens is 3. The Bertz CT molecular complexity index is 1330. The fourth-order valence-electron chi connectivity index (χ4n) is 4.41. The van der Waals surface area contributed by atoms with Gasteiger partial charge in [-0.15, -0.1) is 0 Å². The van der Waals surface area contributed by atoms with Gasteiger partial charge in [-0.1, -0.05) is 0 Å². The highest BCUT2D eigenvalue weighted by molar-refractivity contribution is 5.91. The van der Waals surface area contributed by atoms with Gasteiger partial charge in [-0.25, -0.2) is 0 Å². The molecule has 1 saturated heterocycles. The van der Waals surface area contributed by atoms with Gasteiger partial charge in [0.1, 0.15) is 6.07 Å². The lowest BCUT2D eigenvalue weighted by molar-refractivity contribution is 0.148. The number of anilines is 2. The number of piperazine rings is 1. The molecule has 166 valence electrons. The van der Waals surface area contributed by atoms with Gasteiger partial charge < -0.3 is 15.2 Å². The first kappa shape index (κ1) is 21.1. The summed E-state index contributed by atoms with van der Waals surface area (Å²) in [6.07, 6.45) is 7.18. The standard InChI is InChI=1S/C26H27N7/c1-18-21-6-8-29-24(21)4-3-23(18)31-26-20(14-27)15-28-16-22(26)25-13-19(5-7-30-25)17-33-11-9-32(2)10-12-33/h3-8,13,15-16,29H,9-12,17H2,1-2H3,(H,28,31). The molecular weight excluding hydrogens is 410 g/mol. The summed E-state index contributed by atoms with van der Waals surface area (Å²) in [6, 6.07) is 12.6. The Morgan fingerprint density at radius 2 is 1.97 bits per heavy atom. The molecule has 1 aliphatic heterocycles. The van der Waals surface area contributed by atoms with Crippen LogP contribution in [0.1, 0.15) is 16.7 Å². The molecule has 0 spiro atoms. The molecule has 3 aromatic heterocycles. The lowest BCUT2D eigenvalue weighted by Crippen LogP contribution is -2.43. The minimum absolute atomic E-state index is 0.493. The van der Waals surface area contributed by atoms with Crippen molar-refractivity contribution < 1.29 is 0 Å². The van der Waals surface area contributed by atoms with Gasteiger partial charge in [0.05, 0.1) is 16.9 Å². The van der Waals surface area contributed by atoms with Crippen molar-refractivity contribution in [1.29, 1.82) is 5.26 Å². The predicted molar refractivity (Wildman–Crippen MR) is 131 cm³/mol. The quantitative estimate of drug-likeness (QED) is 0.484. The fraction of sp³-hybridized carbons (Fsp3) is 0.269. The first-order chi connectivity index (χ1) is 16.1. The average molecular weight is 438 g/mol. The summed E-state index contributed by atoms with van der Waals surface area (Å²) >= 11 is 0. The number of benzene rings is 1. The van der Waals surface area contributed by atoms with Gasteiger partial charge in [0.25, 0.3) is 0 Å². The maximum atomic E-state index is 9.80. The molecule has 0 unspecified atom stereocenters. The maximum Gasteiger partial charge on any atom is 0.103 e. The highest BCUT2D eigenvalue weighted by Crippen LogP contribution is 2.34. The summed E-state index contributed by atoms with van der Waals surface area (Å²) in [5.74, 6) is 0. The van der Waals surface area contributed by atoms with Crippen LogP contribution in [0.15, 0.2) is 55.1 Å². The molecule has 0 aliphatic carbocycles. The minimum Gasteiger partial charge on any atom is -0.361 e. The van der Waals surface area contributed by atoms with Gasteiger partial charge in [-0.05, 0) is 55.4 Å². The van der Waals surface area contributed by atoms with E-state index in [1.807, 2.05) is 24.5 Å². The van der Waals surface area contributed by atoms with Crippen LogP contribution in [0, 0.1) is 18.3 Å². The van der Waals surface area contributed by atoms with Gasteiger partial charge >= 0.3 is 0 Å². The topological polar surface area (TPSA) is 83.9 Å². The van der Waals surface area contributed by atoms with Crippen molar-refractivity contribution in [3.8, 4) is 17.3 Å². The molecule has 7 nitrogen and oxygen atoms in total. The Balaban J connectivity index is 1.49. The first-order valence-electron chi connectivity index (χ1n) is 11.2. The number of aryl methyl sites for hydroxylation is 1. The van der Waals surface area contributed by atoms with Crippen molar-refractivity contribution in [2.24, 2.45) is 0 Å². The first-order valence-corrected chi connectivity index (χ1v) is 11.2. The molecule has 0 saturated carbocycles. The van der Waals surface area contributed by atoms with Crippen LogP contribution in [0.4, 0.5) is 11.4 Å². The average Bonchev–Trinajstić information content (AvgIpc) is 3.32. The Labute approximate surface area is 193 Å². The Morgan fingerprint density at radius 3 is 2.79 bits per heavy atom. The molecule has 0 radical (unpaired) electrons. The molecule has 1 aliphatic rings. The van der Waals surface area contributed by atoms with Crippen LogP contribution in [-0.4, -0.2) is 58.0 Å². The zero-order chi connectivity index (χ0) is 22.8. The van der Waals surface area contributed by atoms with Gasteiger partial charge in [0, 0.05) is 79.7 Å². The SMILES string of the molecule is Cc1c(Nc2c(C#N)cncc2-c2cc(CN3CCN(C)CC3)ccn2)ccc2[nH]ccc12. The third-order valence-corrected chi connectivity index (χ3v) is 6.43. The largest absolute Gasteiger partial charge is 0.361 e. The zero-order valence-corrected chi connectivity index (χ0v) is 19.0. The van der Waals surface area contributed by atoms with Crippen LogP contribution in [0.2, 0.25) is 0 Å². The van der Waals surface area contributed by atoms with Crippen LogP contribution >= 0.6 is 0 Å². The molecule has 2 N–H and O–H groups in total. The third kappa shape index (κ3) is 4.31. The van der Waals surface area contributed by atoms with E-state index in [9.17, 15) is 5.26 Å². The van der Waals surface area contributed by atoms with Crippen LogP contribution in [-0.2, 0) is 6.54 Å². The Kier molecular flexibility index (Phi) is 5.78. The fourth-order valence-corrected chi connectivity index (χ4v) is 4.41.